The fourth-order valence-corrected chi connectivity index (χ4v) is 1.41. The quantitative estimate of drug-likeness (QED) is 0.313. The Morgan fingerprint density at radius 1 is 1.22 bits per heavy atom. The molecule has 0 aliphatic rings. The van der Waals surface area contributed by atoms with Crippen LogP contribution in [0.3, 0.4) is 0 Å². The summed E-state index contributed by atoms with van der Waals surface area (Å²) < 4.78 is 5.00. The van der Waals surface area contributed by atoms with Gasteiger partial charge in [-0.25, -0.2) is 0 Å². The Hall–Kier alpha value is -0.0400. The lowest BCUT2D eigenvalue weighted by Crippen LogP contribution is -2.39. The third-order valence-electron chi connectivity index (χ3n) is 2.30. The van der Waals surface area contributed by atoms with E-state index in [0.717, 1.165) is 32.0 Å². The highest BCUT2D eigenvalue weighted by atomic mass is 127. The Bertz CT molecular complexity index is 215. The maximum Gasteiger partial charge on any atom is 0.191 e. The van der Waals surface area contributed by atoms with Gasteiger partial charge < -0.3 is 15.4 Å². The first kappa shape index (κ1) is 20.3. The van der Waals surface area contributed by atoms with Gasteiger partial charge in [0.1, 0.15) is 0 Å². The van der Waals surface area contributed by atoms with Gasteiger partial charge >= 0.3 is 0 Å². The minimum atomic E-state index is 0. The summed E-state index contributed by atoms with van der Waals surface area (Å²) in [6, 6.07) is 0. The molecule has 0 atom stereocenters. The van der Waals surface area contributed by atoms with Gasteiger partial charge in [0.05, 0.1) is 6.61 Å². The monoisotopic (exact) mass is 371 g/mol. The molecule has 110 valence electrons. The molecule has 0 aromatic rings. The number of methoxy groups -OCH3 is 1. The smallest absolute Gasteiger partial charge is 0.191 e. The minimum absolute atomic E-state index is 0. The van der Waals surface area contributed by atoms with E-state index in [-0.39, 0.29) is 24.0 Å². The number of ether oxygens (including phenoxy) is 1. The lowest BCUT2D eigenvalue weighted by molar-refractivity contribution is 0.203. The zero-order valence-electron chi connectivity index (χ0n) is 12.5. The van der Waals surface area contributed by atoms with Crippen molar-refractivity contribution < 1.29 is 4.74 Å². The topological polar surface area (TPSA) is 45.7 Å². The molecule has 0 aliphatic heterocycles. The van der Waals surface area contributed by atoms with Gasteiger partial charge in [-0.05, 0) is 25.2 Å². The Balaban J connectivity index is 0. The first-order valence-electron chi connectivity index (χ1n) is 6.50. The zero-order chi connectivity index (χ0) is 13.1. The van der Waals surface area contributed by atoms with Crippen molar-refractivity contribution in [2.75, 3.05) is 33.4 Å². The largest absolute Gasteiger partial charge is 0.383 e. The third-order valence-corrected chi connectivity index (χ3v) is 2.30. The second-order valence-electron chi connectivity index (χ2n) is 5.34. The van der Waals surface area contributed by atoms with E-state index in [4.69, 9.17) is 4.74 Å². The number of aliphatic imine (C=N–C) groups is 1. The van der Waals surface area contributed by atoms with Crippen molar-refractivity contribution in [3.05, 3.63) is 0 Å². The Kier molecular flexibility index (Phi) is 13.5. The van der Waals surface area contributed by atoms with Crippen LogP contribution in [0.1, 0.15) is 40.5 Å². The molecule has 5 heteroatoms. The molecule has 18 heavy (non-hydrogen) atoms. The van der Waals surface area contributed by atoms with E-state index in [1.165, 1.54) is 6.42 Å². The fraction of sp³-hybridized carbons (Fsp3) is 0.923. The van der Waals surface area contributed by atoms with Gasteiger partial charge in [-0.15, -0.1) is 24.0 Å². The molecular formula is C13H30IN3O. The molecule has 0 spiro atoms. The van der Waals surface area contributed by atoms with E-state index < -0.39 is 0 Å². The summed E-state index contributed by atoms with van der Waals surface area (Å²) in [5.74, 6) is 0.887. The summed E-state index contributed by atoms with van der Waals surface area (Å²) in [7, 11) is 1.70. The second-order valence-corrected chi connectivity index (χ2v) is 5.34. The molecule has 0 unspecified atom stereocenters. The van der Waals surface area contributed by atoms with Crippen molar-refractivity contribution in [3.63, 3.8) is 0 Å². The standard InChI is InChI=1S/C13H29N3O.HI/c1-6-14-12(16-10-11-17-5)15-9-7-8-13(2,3)4;/h6-11H2,1-5H3,(H2,14,15,16);1H. The van der Waals surface area contributed by atoms with E-state index in [2.05, 4.69) is 43.3 Å². The molecular weight excluding hydrogens is 341 g/mol. The van der Waals surface area contributed by atoms with Gasteiger partial charge in [0.25, 0.3) is 0 Å². The number of halogens is 1. The molecule has 4 nitrogen and oxygen atoms in total. The van der Waals surface area contributed by atoms with Gasteiger partial charge in [-0.3, -0.25) is 4.99 Å². The van der Waals surface area contributed by atoms with Crippen LogP contribution >= 0.6 is 24.0 Å². The molecule has 0 rings (SSSR count). The van der Waals surface area contributed by atoms with Crippen LogP contribution in [0.15, 0.2) is 4.99 Å². The molecule has 0 saturated heterocycles. The van der Waals surface area contributed by atoms with E-state index in [9.17, 15) is 0 Å². The third kappa shape index (κ3) is 14.0. The summed E-state index contributed by atoms with van der Waals surface area (Å²) in [6.45, 7) is 12.1. The normalized spacial score (nSPS) is 11.9. The molecule has 0 bridgehead atoms. The number of hydrogen-bond acceptors (Lipinski definition) is 2. The highest BCUT2D eigenvalue weighted by Crippen LogP contribution is 2.20. The molecule has 0 aromatic heterocycles. The van der Waals surface area contributed by atoms with Crippen LogP contribution in [-0.4, -0.2) is 39.3 Å². The maximum atomic E-state index is 5.00. The molecule has 2 N–H and O–H groups in total. The van der Waals surface area contributed by atoms with Crippen LogP contribution in [-0.2, 0) is 4.74 Å². The lowest BCUT2D eigenvalue weighted by atomic mass is 9.91. The Morgan fingerprint density at radius 2 is 1.89 bits per heavy atom. The van der Waals surface area contributed by atoms with Crippen LogP contribution in [0.2, 0.25) is 0 Å². The number of guanidine groups is 1. The van der Waals surface area contributed by atoms with Crippen molar-refractivity contribution in [2.24, 2.45) is 10.4 Å². The van der Waals surface area contributed by atoms with Gasteiger partial charge in [-0.2, -0.15) is 0 Å². The second kappa shape index (κ2) is 12.0. The zero-order valence-corrected chi connectivity index (χ0v) is 14.8. The van der Waals surface area contributed by atoms with E-state index in [1.807, 2.05) is 0 Å². The summed E-state index contributed by atoms with van der Waals surface area (Å²) in [5, 5.41) is 6.46. The first-order valence-corrected chi connectivity index (χ1v) is 6.50. The lowest BCUT2D eigenvalue weighted by Gasteiger charge is -2.17. The maximum absolute atomic E-state index is 5.00. The van der Waals surface area contributed by atoms with Gasteiger partial charge in [-0.1, -0.05) is 20.8 Å². The molecule has 0 radical (unpaired) electrons. The van der Waals surface area contributed by atoms with Crippen LogP contribution in [0.5, 0.6) is 0 Å². The number of rotatable bonds is 7. The molecule has 0 amide bonds. The highest BCUT2D eigenvalue weighted by Gasteiger charge is 2.08. The molecule has 0 fully saturated rings. The van der Waals surface area contributed by atoms with Crippen LogP contribution < -0.4 is 10.6 Å². The predicted octanol–water partition coefficient (Wildman–Crippen LogP) is 2.63. The van der Waals surface area contributed by atoms with Crippen molar-refractivity contribution in [1.29, 1.82) is 0 Å². The van der Waals surface area contributed by atoms with Crippen molar-refractivity contribution >= 4 is 29.9 Å². The number of nitrogens with zero attached hydrogens (tertiary/aromatic N) is 1. The van der Waals surface area contributed by atoms with Crippen LogP contribution in [0.4, 0.5) is 0 Å². The predicted molar refractivity (Wildman–Crippen MR) is 90.0 cm³/mol. The van der Waals surface area contributed by atoms with Crippen molar-refractivity contribution in [2.45, 2.75) is 40.5 Å². The fourth-order valence-electron chi connectivity index (χ4n) is 1.41. The average Bonchev–Trinajstić information content (AvgIpc) is 2.23. The molecule has 0 aliphatic carbocycles. The van der Waals surface area contributed by atoms with E-state index >= 15 is 0 Å². The Labute approximate surface area is 129 Å². The first-order chi connectivity index (χ1) is 7.99. The van der Waals surface area contributed by atoms with Crippen molar-refractivity contribution in [1.82, 2.24) is 10.6 Å². The number of nitrogens with one attached hydrogen (secondary N) is 2. The van der Waals surface area contributed by atoms with Crippen LogP contribution in [0.25, 0.3) is 0 Å². The Morgan fingerprint density at radius 3 is 2.39 bits per heavy atom. The molecule has 0 saturated carbocycles. The van der Waals surface area contributed by atoms with E-state index in [1.54, 1.807) is 7.11 Å². The summed E-state index contributed by atoms with van der Waals surface area (Å²) in [6.07, 6.45) is 2.33. The summed E-state index contributed by atoms with van der Waals surface area (Å²) in [4.78, 5) is 4.53. The van der Waals surface area contributed by atoms with Gasteiger partial charge in [0.2, 0.25) is 0 Å². The van der Waals surface area contributed by atoms with Crippen LogP contribution in [0, 0.1) is 5.41 Å². The molecule has 0 heterocycles. The minimum Gasteiger partial charge on any atom is -0.383 e. The summed E-state index contributed by atoms with van der Waals surface area (Å²) >= 11 is 0. The summed E-state index contributed by atoms with van der Waals surface area (Å²) in [5.41, 5.74) is 0.400. The average molecular weight is 371 g/mol. The van der Waals surface area contributed by atoms with E-state index in [0.29, 0.717) is 12.0 Å². The van der Waals surface area contributed by atoms with Gasteiger partial charge in [0, 0.05) is 26.7 Å². The molecule has 0 aromatic carbocycles. The SMILES string of the molecule is CCNC(=NCCCC(C)(C)C)NCCOC.I. The van der Waals surface area contributed by atoms with Gasteiger partial charge in [0.15, 0.2) is 5.96 Å². The number of hydrogen-bond donors (Lipinski definition) is 2. The highest BCUT2D eigenvalue weighted by molar-refractivity contribution is 14.0. The van der Waals surface area contributed by atoms with Crippen molar-refractivity contribution in [3.8, 4) is 0 Å².